The minimum absolute atomic E-state index is 0.0183. The van der Waals surface area contributed by atoms with Crippen LogP contribution in [0, 0.1) is 5.82 Å². The Kier molecular flexibility index (Phi) is 3.88. The standard InChI is InChI=1S/C14H14ClFN4O/c15-12-2-1-3-13(16)11(12)8-14(21)19-6-4-10(9-19)20-7-5-17-18-20/h1-3,5,7,10H,4,6,8-9H2. The van der Waals surface area contributed by atoms with Crippen molar-refractivity contribution in [3.05, 3.63) is 47.0 Å². The molecule has 3 rings (SSSR count). The van der Waals surface area contributed by atoms with Crippen LogP contribution in [0.2, 0.25) is 5.02 Å². The van der Waals surface area contributed by atoms with Crippen LogP contribution < -0.4 is 0 Å². The van der Waals surface area contributed by atoms with Gasteiger partial charge < -0.3 is 4.90 Å². The van der Waals surface area contributed by atoms with Crippen LogP contribution in [-0.4, -0.2) is 38.9 Å². The molecular weight excluding hydrogens is 295 g/mol. The highest BCUT2D eigenvalue weighted by molar-refractivity contribution is 6.31. The summed E-state index contributed by atoms with van der Waals surface area (Å²) >= 11 is 5.96. The fourth-order valence-corrected chi connectivity index (χ4v) is 2.79. The molecule has 0 bridgehead atoms. The summed E-state index contributed by atoms with van der Waals surface area (Å²) in [5.74, 6) is -0.563. The van der Waals surface area contributed by atoms with Crippen LogP contribution in [-0.2, 0) is 11.2 Å². The Morgan fingerprint density at radius 2 is 2.33 bits per heavy atom. The molecule has 1 aromatic heterocycles. The lowest BCUT2D eigenvalue weighted by Crippen LogP contribution is -2.30. The van der Waals surface area contributed by atoms with E-state index in [0.29, 0.717) is 13.1 Å². The van der Waals surface area contributed by atoms with E-state index in [-0.39, 0.29) is 29.0 Å². The third kappa shape index (κ3) is 2.90. The van der Waals surface area contributed by atoms with Gasteiger partial charge in [-0.2, -0.15) is 0 Å². The first-order valence-corrected chi connectivity index (χ1v) is 7.09. The smallest absolute Gasteiger partial charge is 0.227 e. The molecule has 1 saturated heterocycles. The van der Waals surface area contributed by atoms with Gasteiger partial charge in [0.25, 0.3) is 0 Å². The van der Waals surface area contributed by atoms with E-state index in [1.165, 1.54) is 12.1 Å². The molecule has 5 nitrogen and oxygen atoms in total. The number of hydrogen-bond donors (Lipinski definition) is 0. The summed E-state index contributed by atoms with van der Waals surface area (Å²) in [6.07, 6.45) is 4.20. The zero-order valence-corrected chi connectivity index (χ0v) is 12.0. The summed E-state index contributed by atoms with van der Waals surface area (Å²) in [5, 5.41) is 8.01. The molecule has 0 aliphatic carbocycles. The predicted molar refractivity (Wildman–Crippen MR) is 75.4 cm³/mol. The molecule has 21 heavy (non-hydrogen) atoms. The third-order valence-corrected chi connectivity index (χ3v) is 4.07. The van der Waals surface area contributed by atoms with Gasteiger partial charge in [-0.1, -0.05) is 22.9 Å². The van der Waals surface area contributed by atoms with Crippen molar-refractivity contribution in [3.8, 4) is 0 Å². The molecular formula is C14H14ClFN4O. The largest absolute Gasteiger partial charge is 0.340 e. The molecule has 1 amide bonds. The predicted octanol–water partition coefficient (Wildman–Crippen LogP) is 2.09. The van der Waals surface area contributed by atoms with Crippen molar-refractivity contribution in [1.29, 1.82) is 0 Å². The first-order chi connectivity index (χ1) is 10.1. The van der Waals surface area contributed by atoms with E-state index in [2.05, 4.69) is 10.3 Å². The van der Waals surface area contributed by atoms with Gasteiger partial charge in [-0.05, 0) is 18.6 Å². The van der Waals surface area contributed by atoms with Gasteiger partial charge in [-0.15, -0.1) is 5.10 Å². The summed E-state index contributed by atoms with van der Waals surface area (Å²) < 4.78 is 15.5. The fourth-order valence-electron chi connectivity index (χ4n) is 2.56. The number of carbonyl (C=O) groups is 1. The topological polar surface area (TPSA) is 51.0 Å². The van der Waals surface area contributed by atoms with Crippen molar-refractivity contribution < 1.29 is 9.18 Å². The van der Waals surface area contributed by atoms with E-state index in [1.807, 2.05) is 0 Å². The average molecular weight is 309 g/mol. The Hall–Kier alpha value is -1.95. The molecule has 7 heteroatoms. The van der Waals surface area contributed by atoms with E-state index < -0.39 is 5.82 Å². The second-order valence-corrected chi connectivity index (χ2v) is 5.45. The lowest BCUT2D eigenvalue weighted by atomic mass is 10.1. The number of aromatic nitrogens is 3. The summed E-state index contributed by atoms with van der Waals surface area (Å²) in [6, 6.07) is 4.57. The minimum atomic E-state index is -0.442. The van der Waals surface area contributed by atoms with Crippen LogP contribution in [0.15, 0.2) is 30.6 Å². The summed E-state index contributed by atoms with van der Waals surface area (Å²) in [5.41, 5.74) is 0.258. The zero-order valence-electron chi connectivity index (χ0n) is 11.2. The highest BCUT2D eigenvalue weighted by Crippen LogP contribution is 2.24. The number of benzene rings is 1. The molecule has 1 aromatic carbocycles. The van der Waals surface area contributed by atoms with Crippen molar-refractivity contribution in [2.24, 2.45) is 0 Å². The molecule has 0 radical (unpaired) electrons. The van der Waals surface area contributed by atoms with Gasteiger partial charge in [0, 0.05) is 29.9 Å². The second-order valence-electron chi connectivity index (χ2n) is 5.04. The van der Waals surface area contributed by atoms with Crippen molar-refractivity contribution in [2.45, 2.75) is 18.9 Å². The summed E-state index contributed by atoms with van der Waals surface area (Å²) in [6.45, 7) is 1.20. The number of hydrogen-bond acceptors (Lipinski definition) is 3. The van der Waals surface area contributed by atoms with Gasteiger partial charge in [0.15, 0.2) is 0 Å². The lowest BCUT2D eigenvalue weighted by Gasteiger charge is -2.17. The molecule has 2 heterocycles. The Labute approximate surface area is 126 Å². The molecule has 1 aliphatic rings. The molecule has 0 N–H and O–H groups in total. The van der Waals surface area contributed by atoms with E-state index in [0.717, 1.165) is 6.42 Å². The maximum absolute atomic E-state index is 13.7. The first kappa shape index (κ1) is 14.0. The molecule has 0 saturated carbocycles. The van der Waals surface area contributed by atoms with Gasteiger partial charge in [-0.25, -0.2) is 9.07 Å². The Bertz CT molecular complexity index is 626. The minimum Gasteiger partial charge on any atom is -0.340 e. The van der Waals surface area contributed by atoms with Crippen LogP contribution in [0.3, 0.4) is 0 Å². The number of amides is 1. The van der Waals surface area contributed by atoms with E-state index in [9.17, 15) is 9.18 Å². The fraction of sp³-hybridized carbons (Fsp3) is 0.357. The average Bonchev–Trinajstić information content (AvgIpc) is 3.12. The number of nitrogens with zero attached hydrogens (tertiary/aromatic N) is 4. The van der Waals surface area contributed by atoms with Gasteiger partial charge in [0.05, 0.1) is 18.7 Å². The highest BCUT2D eigenvalue weighted by Gasteiger charge is 2.28. The molecule has 1 unspecified atom stereocenters. The maximum atomic E-state index is 13.7. The van der Waals surface area contributed by atoms with Gasteiger partial charge >= 0.3 is 0 Å². The highest BCUT2D eigenvalue weighted by atomic mass is 35.5. The zero-order chi connectivity index (χ0) is 14.8. The van der Waals surface area contributed by atoms with Crippen LogP contribution >= 0.6 is 11.6 Å². The van der Waals surface area contributed by atoms with E-state index in [4.69, 9.17) is 11.6 Å². The first-order valence-electron chi connectivity index (χ1n) is 6.71. The Balaban J connectivity index is 1.67. The van der Waals surface area contributed by atoms with Gasteiger partial charge in [-0.3, -0.25) is 4.79 Å². The number of rotatable bonds is 3. The quantitative estimate of drug-likeness (QED) is 0.872. The Morgan fingerprint density at radius 1 is 1.48 bits per heavy atom. The van der Waals surface area contributed by atoms with Crippen LogP contribution in [0.4, 0.5) is 4.39 Å². The molecule has 2 aromatic rings. The lowest BCUT2D eigenvalue weighted by molar-refractivity contribution is -0.129. The number of likely N-dealkylation sites (tertiary alicyclic amines) is 1. The van der Waals surface area contributed by atoms with Crippen molar-refractivity contribution in [1.82, 2.24) is 19.9 Å². The van der Waals surface area contributed by atoms with Gasteiger partial charge in [0.1, 0.15) is 5.82 Å². The number of carbonyl (C=O) groups excluding carboxylic acids is 1. The monoisotopic (exact) mass is 308 g/mol. The van der Waals surface area contributed by atoms with Crippen molar-refractivity contribution in [2.75, 3.05) is 13.1 Å². The van der Waals surface area contributed by atoms with Crippen LogP contribution in [0.1, 0.15) is 18.0 Å². The second kappa shape index (κ2) is 5.81. The molecule has 1 fully saturated rings. The van der Waals surface area contributed by atoms with E-state index >= 15 is 0 Å². The summed E-state index contributed by atoms with van der Waals surface area (Å²) in [7, 11) is 0. The molecule has 1 atom stereocenters. The number of halogens is 2. The van der Waals surface area contributed by atoms with E-state index in [1.54, 1.807) is 28.0 Å². The maximum Gasteiger partial charge on any atom is 0.227 e. The molecule has 1 aliphatic heterocycles. The van der Waals surface area contributed by atoms with Crippen LogP contribution in [0.5, 0.6) is 0 Å². The molecule has 0 spiro atoms. The van der Waals surface area contributed by atoms with Gasteiger partial charge in [0.2, 0.25) is 5.91 Å². The Morgan fingerprint density at radius 3 is 3.05 bits per heavy atom. The van der Waals surface area contributed by atoms with Crippen LogP contribution in [0.25, 0.3) is 0 Å². The van der Waals surface area contributed by atoms with Crippen molar-refractivity contribution in [3.63, 3.8) is 0 Å². The van der Waals surface area contributed by atoms with Crippen molar-refractivity contribution >= 4 is 17.5 Å². The third-order valence-electron chi connectivity index (χ3n) is 3.72. The SMILES string of the molecule is O=C(Cc1c(F)cccc1Cl)N1CCC(n2ccnn2)C1. The normalized spacial score (nSPS) is 18.2. The molecule has 110 valence electrons. The summed E-state index contributed by atoms with van der Waals surface area (Å²) in [4.78, 5) is 14.0.